The van der Waals surface area contributed by atoms with Crippen LogP contribution in [-0.2, 0) is 19.5 Å². The maximum atomic E-state index is 6.36. The molecule has 1 fully saturated rings. The third kappa shape index (κ3) is 5.46. The Morgan fingerprint density at radius 1 is 0.733 bits per heavy atom. The van der Waals surface area contributed by atoms with Gasteiger partial charge in [0.05, 0.1) is 45.2 Å². The summed E-state index contributed by atoms with van der Waals surface area (Å²) >= 11 is 19.0. The van der Waals surface area contributed by atoms with Crippen molar-refractivity contribution in [2.24, 2.45) is 5.92 Å². The molecule has 1 aliphatic rings. The molecule has 1 saturated heterocycles. The third-order valence-corrected chi connectivity index (χ3v) is 5.94. The number of hydrogen-bond acceptors (Lipinski definition) is 6. The standard InChI is InChI=1S/C21H21Cl3N6/c22-16-4-1-7-25-19(16)10-15-11-29(13-20-17(23)5-2-8-26-20)28-30(12-15)14-21-18(24)6-3-9-27-21/h1-9,15,28H,10-14H2. The fourth-order valence-corrected chi connectivity index (χ4v) is 4.13. The van der Waals surface area contributed by atoms with Gasteiger partial charge < -0.3 is 0 Å². The van der Waals surface area contributed by atoms with Gasteiger partial charge in [-0.25, -0.2) is 10.0 Å². The van der Waals surface area contributed by atoms with Gasteiger partial charge in [0.15, 0.2) is 0 Å². The van der Waals surface area contributed by atoms with Gasteiger partial charge in [0, 0.05) is 31.7 Å². The quantitative estimate of drug-likeness (QED) is 0.584. The van der Waals surface area contributed by atoms with Gasteiger partial charge in [-0.2, -0.15) is 5.53 Å². The van der Waals surface area contributed by atoms with Crippen LogP contribution in [-0.4, -0.2) is 38.1 Å². The molecule has 9 heteroatoms. The molecule has 1 N–H and O–H groups in total. The molecule has 6 nitrogen and oxygen atoms in total. The lowest BCUT2D eigenvalue weighted by atomic mass is 10.0. The van der Waals surface area contributed by atoms with Crippen LogP contribution in [0.15, 0.2) is 55.0 Å². The van der Waals surface area contributed by atoms with Gasteiger partial charge in [0.1, 0.15) is 0 Å². The summed E-state index contributed by atoms with van der Waals surface area (Å²) in [5.41, 5.74) is 5.99. The molecule has 0 amide bonds. The van der Waals surface area contributed by atoms with Gasteiger partial charge in [-0.05, 0) is 48.7 Å². The van der Waals surface area contributed by atoms with Gasteiger partial charge >= 0.3 is 0 Å². The van der Waals surface area contributed by atoms with Crippen LogP contribution in [0.1, 0.15) is 17.1 Å². The Morgan fingerprint density at radius 3 is 1.60 bits per heavy atom. The van der Waals surface area contributed by atoms with E-state index in [9.17, 15) is 0 Å². The molecule has 4 rings (SSSR count). The minimum atomic E-state index is 0.295. The Hall–Kier alpha value is -1.80. The first-order chi connectivity index (χ1) is 14.6. The molecule has 0 unspecified atom stereocenters. The van der Waals surface area contributed by atoms with Crippen molar-refractivity contribution in [1.82, 2.24) is 30.5 Å². The van der Waals surface area contributed by atoms with Crippen molar-refractivity contribution in [2.75, 3.05) is 13.1 Å². The number of aromatic nitrogens is 3. The summed E-state index contributed by atoms with van der Waals surface area (Å²) in [4.78, 5) is 13.3. The largest absolute Gasteiger partial charge is 0.260 e. The molecule has 3 aromatic heterocycles. The normalized spacial score (nSPS) is 16.1. The summed E-state index contributed by atoms with van der Waals surface area (Å²) in [6.07, 6.45) is 6.04. The van der Waals surface area contributed by atoms with Crippen LogP contribution in [0.25, 0.3) is 0 Å². The van der Waals surface area contributed by atoms with Crippen molar-refractivity contribution in [1.29, 1.82) is 0 Å². The van der Waals surface area contributed by atoms with Crippen molar-refractivity contribution in [3.05, 3.63) is 87.1 Å². The predicted octanol–water partition coefficient (Wildman–Crippen LogP) is 4.43. The van der Waals surface area contributed by atoms with Gasteiger partial charge in [0.2, 0.25) is 0 Å². The highest BCUT2D eigenvalue weighted by molar-refractivity contribution is 6.31. The van der Waals surface area contributed by atoms with E-state index in [0.717, 1.165) is 36.6 Å². The Bertz CT molecular complexity index is 869. The highest BCUT2D eigenvalue weighted by Gasteiger charge is 2.27. The van der Waals surface area contributed by atoms with Crippen LogP contribution < -0.4 is 5.53 Å². The van der Waals surface area contributed by atoms with Gasteiger partial charge in [-0.3, -0.25) is 15.0 Å². The molecule has 0 bridgehead atoms. The van der Waals surface area contributed by atoms with Crippen LogP contribution in [0.3, 0.4) is 0 Å². The van der Waals surface area contributed by atoms with Crippen LogP contribution in [0.2, 0.25) is 15.1 Å². The minimum absolute atomic E-state index is 0.295. The van der Waals surface area contributed by atoms with Crippen molar-refractivity contribution < 1.29 is 0 Å². The summed E-state index contributed by atoms with van der Waals surface area (Å²) in [5, 5.41) is 6.20. The van der Waals surface area contributed by atoms with Crippen LogP contribution in [0.4, 0.5) is 0 Å². The van der Waals surface area contributed by atoms with Crippen molar-refractivity contribution >= 4 is 34.8 Å². The molecule has 0 atom stereocenters. The van der Waals surface area contributed by atoms with E-state index in [0.29, 0.717) is 34.1 Å². The third-order valence-electron chi connectivity index (χ3n) is 4.91. The highest BCUT2D eigenvalue weighted by Crippen LogP contribution is 2.23. The van der Waals surface area contributed by atoms with E-state index < -0.39 is 0 Å². The fraction of sp³-hybridized carbons (Fsp3) is 0.286. The van der Waals surface area contributed by atoms with Crippen molar-refractivity contribution in [3.8, 4) is 0 Å². The Kier molecular flexibility index (Phi) is 7.15. The minimum Gasteiger partial charge on any atom is -0.260 e. The smallest absolute Gasteiger partial charge is 0.0744 e. The lowest BCUT2D eigenvalue weighted by Crippen LogP contribution is -2.58. The second kappa shape index (κ2) is 10.0. The molecule has 0 radical (unpaired) electrons. The average Bonchev–Trinajstić information content (AvgIpc) is 2.73. The maximum absolute atomic E-state index is 6.36. The van der Waals surface area contributed by atoms with E-state index in [-0.39, 0.29) is 0 Å². The molecule has 1 aliphatic heterocycles. The van der Waals surface area contributed by atoms with Gasteiger partial charge in [0.25, 0.3) is 0 Å². The van der Waals surface area contributed by atoms with Crippen LogP contribution in [0.5, 0.6) is 0 Å². The number of nitrogens with zero attached hydrogens (tertiary/aromatic N) is 5. The SMILES string of the molecule is Clc1cccnc1CC1CN(Cc2ncccc2Cl)NN(Cc2ncccc2Cl)C1. The van der Waals surface area contributed by atoms with E-state index in [2.05, 4.69) is 30.5 Å². The number of pyridine rings is 3. The summed E-state index contributed by atoms with van der Waals surface area (Å²) in [6, 6.07) is 11.1. The Balaban J connectivity index is 1.53. The van der Waals surface area contributed by atoms with Crippen molar-refractivity contribution in [2.45, 2.75) is 19.5 Å². The number of rotatable bonds is 6. The van der Waals surface area contributed by atoms with Gasteiger partial charge in [-0.15, -0.1) is 0 Å². The van der Waals surface area contributed by atoms with E-state index in [1.54, 1.807) is 18.6 Å². The average molecular weight is 464 g/mol. The zero-order valence-electron chi connectivity index (χ0n) is 16.2. The molecule has 30 heavy (non-hydrogen) atoms. The topological polar surface area (TPSA) is 57.2 Å². The molecule has 0 aliphatic carbocycles. The Morgan fingerprint density at radius 2 is 1.17 bits per heavy atom. The molecule has 0 saturated carbocycles. The fourth-order valence-electron chi connectivity index (χ4n) is 3.56. The van der Waals surface area contributed by atoms with E-state index in [1.165, 1.54) is 0 Å². The molecule has 0 spiro atoms. The molecule has 156 valence electrons. The number of hydrogen-bond donors (Lipinski definition) is 1. The molecular weight excluding hydrogens is 443 g/mol. The Labute approximate surface area is 190 Å². The first-order valence-corrected chi connectivity index (χ1v) is 10.8. The lowest BCUT2D eigenvalue weighted by molar-refractivity contribution is -0.0553. The first kappa shape index (κ1) is 21.4. The highest BCUT2D eigenvalue weighted by atomic mass is 35.5. The number of halogens is 3. The lowest BCUT2D eigenvalue weighted by Gasteiger charge is -2.40. The second-order valence-corrected chi connectivity index (χ2v) is 8.45. The summed E-state index contributed by atoms with van der Waals surface area (Å²) in [6.45, 7) is 2.73. The molecular formula is C21H21Cl3N6. The zero-order chi connectivity index (χ0) is 20.9. The van der Waals surface area contributed by atoms with Gasteiger partial charge in [-0.1, -0.05) is 34.8 Å². The monoisotopic (exact) mass is 462 g/mol. The maximum Gasteiger partial charge on any atom is 0.0744 e. The van der Waals surface area contributed by atoms with E-state index >= 15 is 0 Å². The summed E-state index contributed by atoms with van der Waals surface area (Å²) < 4.78 is 0. The van der Waals surface area contributed by atoms with E-state index in [1.807, 2.05) is 36.4 Å². The van der Waals surface area contributed by atoms with Crippen LogP contribution in [0, 0.1) is 5.92 Å². The van der Waals surface area contributed by atoms with Crippen LogP contribution >= 0.6 is 34.8 Å². The zero-order valence-corrected chi connectivity index (χ0v) is 18.4. The molecule has 4 heterocycles. The number of nitrogens with one attached hydrogen (secondary N) is 1. The summed E-state index contributed by atoms with van der Waals surface area (Å²) in [7, 11) is 0. The second-order valence-electron chi connectivity index (χ2n) is 7.23. The number of hydrazine groups is 2. The molecule has 0 aromatic carbocycles. The van der Waals surface area contributed by atoms with E-state index in [4.69, 9.17) is 34.8 Å². The predicted molar refractivity (Wildman–Crippen MR) is 119 cm³/mol. The summed E-state index contributed by atoms with van der Waals surface area (Å²) in [5.74, 6) is 0.295. The molecule has 3 aromatic rings. The van der Waals surface area contributed by atoms with Crippen molar-refractivity contribution in [3.63, 3.8) is 0 Å². The first-order valence-electron chi connectivity index (χ1n) is 9.63.